The number of hydrazine groups is 1. The first-order chi connectivity index (χ1) is 12.9. The smallest absolute Gasteiger partial charge is 0.253 e. The number of amides is 3. The van der Waals surface area contributed by atoms with Gasteiger partial charge < -0.3 is 5.32 Å². The summed E-state index contributed by atoms with van der Waals surface area (Å²) in [5.74, 6) is -0.890. The Morgan fingerprint density at radius 2 is 2.07 bits per heavy atom. The Bertz CT molecular complexity index is 755. The van der Waals surface area contributed by atoms with Crippen LogP contribution in [0, 0.1) is 0 Å². The third kappa shape index (κ3) is 4.22. The van der Waals surface area contributed by atoms with Crippen molar-refractivity contribution in [2.24, 2.45) is 7.05 Å². The van der Waals surface area contributed by atoms with E-state index in [1.807, 2.05) is 11.7 Å². The molecule has 0 radical (unpaired) electrons. The lowest BCUT2D eigenvalue weighted by molar-refractivity contribution is -0.127. The molecule has 0 bridgehead atoms. The fourth-order valence-electron chi connectivity index (χ4n) is 3.46. The number of thioether (sulfide) groups is 1. The lowest BCUT2D eigenvalue weighted by Gasteiger charge is -2.29. The van der Waals surface area contributed by atoms with Gasteiger partial charge in [-0.1, -0.05) is 0 Å². The minimum absolute atomic E-state index is 0.00203. The third-order valence-corrected chi connectivity index (χ3v) is 6.51. The van der Waals surface area contributed by atoms with E-state index in [-0.39, 0.29) is 28.3 Å². The number of hydrogen-bond donors (Lipinski definition) is 3. The number of halogens is 1. The Kier molecular flexibility index (Phi) is 6.28. The number of fused-ring (bicyclic) bond motifs is 3. The van der Waals surface area contributed by atoms with Crippen molar-refractivity contribution in [2.45, 2.75) is 29.9 Å². The Morgan fingerprint density at radius 1 is 1.30 bits per heavy atom. The number of hydrogen-bond acceptors (Lipinski definition) is 6. The molecule has 27 heavy (non-hydrogen) atoms. The lowest BCUT2D eigenvalue weighted by atomic mass is 10.0. The quantitative estimate of drug-likeness (QED) is 0.441. The summed E-state index contributed by atoms with van der Waals surface area (Å²) in [5, 5.41) is 7.01. The number of nitrogens with zero attached hydrogens (tertiary/aromatic N) is 3. The maximum Gasteiger partial charge on any atom is 0.253 e. The first-order valence-electron chi connectivity index (χ1n) is 8.74. The Labute approximate surface area is 166 Å². The number of rotatable bonds is 5. The van der Waals surface area contributed by atoms with E-state index in [0.29, 0.717) is 19.4 Å². The Morgan fingerprint density at radius 3 is 2.78 bits per heavy atom. The van der Waals surface area contributed by atoms with Crippen molar-refractivity contribution in [1.29, 1.82) is 0 Å². The second kappa shape index (κ2) is 8.49. The van der Waals surface area contributed by atoms with Gasteiger partial charge in [0, 0.05) is 45.6 Å². The van der Waals surface area contributed by atoms with Crippen LogP contribution in [0.25, 0.3) is 0 Å². The van der Waals surface area contributed by atoms with Crippen molar-refractivity contribution in [1.82, 2.24) is 30.8 Å². The van der Waals surface area contributed by atoms with Crippen molar-refractivity contribution in [3.8, 4) is 0 Å². The molecule has 0 aromatic carbocycles. The van der Waals surface area contributed by atoms with Gasteiger partial charge in [0.15, 0.2) is 0 Å². The van der Waals surface area contributed by atoms with Crippen LogP contribution in [-0.2, 0) is 34.3 Å². The van der Waals surface area contributed by atoms with Gasteiger partial charge in [0.05, 0.1) is 22.0 Å². The summed E-state index contributed by atoms with van der Waals surface area (Å²) in [7, 11) is 3.53. The van der Waals surface area contributed by atoms with Crippen LogP contribution in [0.3, 0.4) is 0 Å². The summed E-state index contributed by atoms with van der Waals surface area (Å²) in [4.78, 5) is 37.4. The van der Waals surface area contributed by atoms with Crippen LogP contribution >= 0.6 is 23.4 Å². The molecule has 1 fully saturated rings. The van der Waals surface area contributed by atoms with Crippen LogP contribution in [0.4, 0.5) is 0 Å². The minimum Gasteiger partial charge on any atom is -0.359 e. The van der Waals surface area contributed by atoms with Crippen molar-refractivity contribution in [3.63, 3.8) is 0 Å². The number of carbonyl (C=O) groups excluding carboxylic acids is 3. The molecule has 148 valence electrons. The molecule has 1 aromatic rings. The highest BCUT2D eigenvalue weighted by molar-refractivity contribution is 8.01. The van der Waals surface area contributed by atoms with Gasteiger partial charge >= 0.3 is 0 Å². The predicted octanol–water partition coefficient (Wildman–Crippen LogP) is -0.543. The molecule has 0 aliphatic carbocycles. The van der Waals surface area contributed by atoms with Gasteiger partial charge in [-0.25, -0.2) is 0 Å². The van der Waals surface area contributed by atoms with Gasteiger partial charge in [-0.2, -0.15) is 5.10 Å². The molecule has 11 heteroatoms. The van der Waals surface area contributed by atoms with Crippen LogP contribution in [-0.4, -0.2) is 63.7 Å². The summed E-state index contributed by atoms with van der Waals surface area (Å²) in [6.07, 6.45) is 1.86. The second-order valence-electron chi connectivity index (χ2n) is 6.50. The molecule has 3 N–H and O–H groups in total. The lowest BCUT2D eigenvalue weighted by Crippen LogP contribution is -2.47. The number of carbonyl (C=O) groups is 3. The predicted molar refractivity (Wildman–Crippen MR) is 102 cm³/mol. The van der Waals surface area contributed by atoms with Crippen LogP contribution in [0.15, 0.2) is 0 Å². The van der Waals surface area contributed by atoms with E-state index < -0.39 is 5.91 Å². The van der Waals surface area contributed by atoms with Gasteiger partial charge in [0.25, 0.3) is 11.8 Å². The summed E-state index contributed by atoms with van der Waals surface area (Å²) in [5.41, 5.74) is 7.97. The molecule has 2 aliphatic rings. The molecule has 3 amide bonds. The third-order valence-electron chi connectivity index (χ3n) is 4.79. The number of nitrogens with one attached hydrogen (secondary N) is 3. The van der Waals surface area contributed by atoms with Crippen molar-refractivity contribution >= 4 is 41.1 Å². The minimum atomic E-state index is -0.444. The molecule has 2 aliphatic heterocycles. The fraction of sp³-hybridized carbons (Fsp3) is 0.625. The standard InChI is InChI=1S/C16H23ClN6O3S/c1-18-12(24)4-3-10-9-5-6-23-8-11(15(26)20-19-13(25)7-17)27-16(23)14(9)22(2)21-10/h11,16H,3-8H2,1-2H3,(H,18,24)(H,19,25)(H,20,26). The molecular weight excluding hydrogens is 392 g/mol. The highest BCUT2D eigenvalue weighted by Gasteiger charge is 2.43. The van der Waals surface area contributed by atoms with Crippen molar-refractivity contribution in [2.75, 3.05) is 26.0 Å². The fourth-order valence-corrected chi connectivity index (χ4v) is 5.09. The Hall–Kier alpha value is -1.78. The first kappa shape index (κ1) is 20.0. The van der Waals surface area contributed by atoms with E-state index >= 15 is 0 Å². The number of aryl methyl sites for hydroxylation is 2. The maximum absolute atomic E-state index is 12.3. The van der Waals surface area contributed by atoms with Crippen LogP contribution in [0.1, 0.15) is 28.7 Å². The number of alkyl halides is 1. The molecule has 2 unspecified atom stereocenters. The van der Waals surface area contributed by atoms with Crippen LogP contribution < -0.4 is 16.2 Å². The van der Waals surface area contributed by atoms with Gasteiger partial charge in [-0.15, -0.1) is 23.4 Å². The van der Waals surface area contributed by atoms with E-state index in [4.69, 9.17) is 11.6 Å². The number of aromatic nitrogens is 2. The maximum atomic E-state index is 12.3. The first-order valence-corrected chi connectivity index (χ1v) is 10.2. The highest BCUT2D eigenvalue weighted by Crippen LogP contribution is 2.46. The van der Waals surface area contributed by atoms with Crippen LogP contribution in [0.5, 0.6) is 0 Å². The van der Waals surface area contributed by atoms with E-state index in [1.165, 1.54) is 5.56 Å². The molecule has 0 saturated carbocycles. The summed E-state index contributed by atoms with van der Waals surface area (Å²) >= 11 is 6.96. The molecule has 3 heterocycles. The van der Waals surface area contributed by atoms with Gasteiger partial charge in [-0.05, 0) is 6.42 Å². The van der Waals surface area contributed by atoms with Gasteiger partial charge in [-0.3, -0.25) is 34.8 Å². The average Bonchev–Trinajstić information content (AvgIpc) is 3.24. The zero-order valence-corrected chi connectivity index (χ0v) is 16.8. The van der Waals surface area contributed by atoms with Gasteiger partial charge in [0.1, 0.15) is 5.88 Å². The molecular formula is C16H23ClN6O3S. The zero-order chi connectivity index (χ0) is 19.6. The molecule has 1 aromatic heterocycles. The zero-order valence-electron chi connectivity index (χ0n) is 15.2. The topological polar surface area (TPSA) is 108 Å². The average molecular weight is 415 g/mol. The van der Waals surface area contributed by atoms with E-state index in [1.54, 1.807) is 18.8 Å². The van der Waals surface area contributed by atoms with E-state index in [2.05, 4.69) is 26.2 Å². The largest absolute Gasteiger partial charge is 0.359 e. The van der Waals surface area contributed by atoms with E-state index in [9.17, 15) is 14.4 Å². The highest BCUT2D eigenvalue weighted by atomic mass is 35.5. The van der Waals surface area contributed by atoms with E-state index in [0.717, 1.165) is 24.4 Å². The molecule has 2 atom stereocenters. The molecule has 3 rings (SSSR count). The summed E-state index contributed by atoms with van der Waals surface area (Å²) in [6.45, 7) is 1.44. The molecule has 9 nitrogen and oxygen atoms in total. The molecule has 1 saturated heterocycles. The summed E-state index contributed by atoms with van der Waals surface area (Å²) in [6, 6.07) is 0. The van der Waals surface area contributed by atoms with Crippen molar-refractivity contribution < 1.29 is 14.4 Å². The molecule has 0 spiro atoms. The van der Waals surface area contributed by atoms with Crippen LogP contribution in [0.2, 0.25) is 0 Å². The van der Waals surface area contributed by atoms with Crippen molar-refractivity contribution in [3.05, 3.63) is 17.0 Å². The SMILES string of the molecule is CNC(=O)CCc1nn(C)c2c1CCN1CC(C(=O)NNC(=O)CCl)SC21. The second-order valence-corrected chi connectivity index (χ2v) is 8.06. The van der Waals surface area contributed by atoms with Gasteiger partial charge in [0.2, 0.25) is 5.91 Å². The monoisotopic (exact) mass is 414 g/mol. The Balaban J connectivity index is 1.69. The normalized spacial score (nSPS) is 21.3. The summed E-state index contributed by atoms with van der Waals surface area (Å²) < 4.78 is 1.87.